The summed E-state index contributed by atoms with van der Waals surface area (Å²) in [4.78, 5) is 15.6. The van der Waals surface area contributed by atoms with Crippen molar-refractivity contribution in [1.29, 1.82) is 0 Å². The lowest BCUT2D eigenvalue weighted by atomic mass is 10.1. The molecule has 0 spiro atoms. The van der Waals surface area contributed by atoms with Crippen LogP contribution >= 0.6 is 11.8 Å². The van der Waals surface area contributed by atoms with Crippen molar-refractivity contribution in [3.8, 4) is 11.5 Å². The first-order valence-electron chi connectivity index (χ1n) is 11.8. The van der Waals surface area contributed by atoms with Crippen LogP contribution in [0.2, 0.25) is 0 Å². The molecule has 204 valence electrons. The minimum Gasteiger partial charge on any atom is -0.507 e. The number of carbonyl (C=O) groups is 1. The molecule has 1 heterocycles. The van der Waals surface area contributed by atoms with Crippen LogP contribution in [0, 0.1) is 0 Å². The lowest BCUT2D eigenvalue weighted by Gasteiger charge is -2.12. The average molecular weight is 532 g/mol. The van der Waals surface area contributed by atoms with Gasteiger partial charge in [0.25, 0.3) is 0 Å². The maximum absolute atomic E-state index is 11.3. The number of hydrogen-bond donors (Lipinski definition) is 2. The number of phenols is 1. The summed E-state index contributed by atoms with van der Waals surface area (Å²) in [7, 11) is 1.63. The zero-order chi connectivity index (χ0) is 26.1. The number of thioether (sulfide) groups is 1. The van der Waals surface area contributed by atoms with E-state index in [1.54, 1.807) is 26.2 Å². The van der Waals surface area contributed by atoms with Gasteiger partial charge in [0.15, 0.2) is 5.54 Å². The largest absolute Gasteiger partial charge is 0.507 e. The van der Waals surface area contributed by atoms with Gasteiger partial charge < -0.3 is 43.4 Å². The minimum atomic E-state index is -1.18. The third-order valence-corrected chi connectivity index (χ3v) is 6.21. The first-order valence-corrected chi connectivity index (χ1v) is 12.7. The molecule has 0 saturated heterocycles. The van der Waals surface area contributed by atoms with Crippen molar-refractivity contribution in [2.75, 3.05) is 92.1 Å². The van der Waals surface area contributed by atoms with Gasteiger partial charge in [-0.1, -0.05) is 0 Å². The molecule has 0 fully saturated rings. The number of carboxylic acid groups (broad SMARTS) is 1. The Bertz CT molecular complexity index is 809. The van der Waals surface area contributed by atoms with E-state index in [0.717, 1.165) is 0 Å². The molecule has 11 nitrogen and oxygen atoms in total. The number of methoxy groups -OCH3 is 1. The molecule has 2 N–H and O–H groups in total. The number of aliphatic carboxylic acids is 1. The minimum absolute atomic E-state index is 0.0107. The highest BCUT2D eigenvalue weighted by Gasteiger charge is 2.39. The molecule has 1 atom stereocenters. The average Bonchev–Trinajstić information content (AvgIpc) is 3.26. The number of aromatic hydroxyl groups is 1. The number of phenolic OH excluding ortho intramolecular Hbond substituents is 1. The molecule has 0 unspecified atom stereocenters. The second-order valence-electron chi connectivity index (χ2n) is 7.87. The molecule has 0 bridgehead atoms. The Morgan fingerprint density at radius 1 is 0.889 bits per heavy atom. The Kier molecular flexibility index (Phi) is 14.7. The van der Waals surface area contributed by atoms with E-state index < -0.39 is 11.5 Å². The summed E-state index contributed by atoms with van der Waals surface area (Å²) in [6.45, 7) is 7.30. The summed E-state index contributed by atoms with van der Waals surface area (Å²) >= 11 is 1.31. The summed E-state index contributed by atoms with van der Waals surface area (Å²) in [6, 6.07) is 4.87. The van der Waals surface area contributed by atoms with Gasteiger partial charge in [0.05, 0.1) is 72.7 Å². The van der Waals surface area contributed by atoms with Crippen LogP contribution in [0.3, 0.4) is 0 Å². The highest BCUT2D eigenvalue weighted by Crippen LogP contribution is 2.35. The predicted molar refractivity (Wildman–Crippen MR) is 135 cm³/mol. The van der Waals surface area contributed by atoms with Crippen LogP contribution in [-0.2, 0) is 33.2 Å². The van der Waals surface area contributed by atoms with Gasteiger partial charge in [-0.05, 0) is 19.1 Å². The summed E-state index contributed by atoms with van der Waals surface area (Å²) in [5.74, 6) is -0.185. The van der Waals surface area contributed by atoms with Gasteiger partial charge in [0.1, 0.15) is 23.1 Å². The highest BCUT2D eigenvalue weighted by atomic mass is 32.2. The van der Waals surface area contributed by atoms with Gasteiger partial charge in [0.2, 0.25) is 0 Å². The summed E-state index contributed by atoms with van der Waals surface area (Å²) in [5, 5.41) is 20.1. The first kappa shape index (κ1) is 30.3. The van der Waals surface area contributed by atoms with Crippen LogP contribution in [0.25, 0.3) is 0 Å². The van der Waals surface area contributed by atoms with E-state index in [1.807, 2.05) is 0 Å². The van der Waals surface area contributed by atoms with E-state index in [9.17, 15) is 15.0 Å². The number of nitrogens with zero attached hydrogens (tertiary/aromatic N) is 1. The molecule has 1 aliphatic heterocycles. The molecule has 0 aliphatic carbocycles. The number of aliphatic imine (C=N–C) groups is 1. The number of carboxylic acids is 1. The second-order valence-corrected chi connectivity index (χ2v) is 8.83. The SMILES string of the molecule is COCCOCCOCCOCCOCCOCCOc1ccc(C2=N[C@@](C)(C(=O)O)CS2)c(O)c1. The standard InChI is InChI=1S/C24H37NO10S/c1-24(23(27)28)18-36-22(25-24)20-4-3-19(17-21(20)26)35-16-15-34-14-13-33-12-11-32-10-9-31-8-7-30-6-5-29-2/h3-4,17,26H,5-16,18H2,1-2H3,(H,27,28)/t24-/m1/s1. The maximum atomic E-state index is 11.3. The smallest absolute Gasteiger partial charge is 0.332 e. The molecule has 0 aromatic heterocycles. The van der Waals surface area contributed by atoms with Crippen molar-refractivity contribution in [2.45, 2.75) is 12.5 Å². The van der Waals surface area contributed by atoms with Crippen LogP contribution in [0.5, 0.6) is 11.5 Å². The molecule has 0 amide bonds. The Morgan fingerprint density at radius 2 is 1.39 bits per heavy atom. The molecule has 0 saturated carbocycles. The van der Waals surface area contributed by atoms with Crippen molar-refractivity contribution >= 4 is 22.8 Å². The molecule has 1 aromatic rings. The first-order chi connectivity index (χ1) is 17.5. The number of ether oxygens (including phenoxy) is 7. The molecule has 12 heteroatoms. The topological polar surface area (TPSA) is 135 Å². The van der Waals surface area contributed by atoms with E-state index in [1.165, 1.54) is 17.8 Å². The quantitative estimate of drug-likeness (QED) is 0.225. The van der Waals surface area contributed by atoms with E-state index in [2.05, 4.69) is 4.99 Å². The van der Waals surface area contributed by atoms with Crippen LogP contribution in [0.4, 0.5) is 0 Å². The van der Waals surface area contributed by atoms with Gasteiger partial charge in [-0.3, -0.25) is 4.99 Å². The van der Waals surface area contributed by atoms with Crippen molar-refractivity contribution in [1.82, 2.24) is 0 Å². The van der Waals surface area contributed by atoms with E-state index in [0.29, 0.717) is 101 Å². The maximum Gasteiger partial charge on any atom is 0.332 e. The summed E-state index contributed by atoms with van der Waals surface area (Å²) < 4.78 is 37.5. The van der Waals surface area contributed by atoms with Crippen LogP contribution in [0.1, 0.15) is 12.5 Å². The molecule has 1 aromatic carbocycles. The molecular weight excluding hydrogens is 494 g/mol. The third kappa shape index (κ3) is 11.4. The second kappa shape index (κ2) is 17.5. The van der Waals surface area contributed by atoms with E-state index in [-0.39, 0.29) is 5.75 Å². The van der Waals surface area contributed by atoms with E-state index in [4.69, 9.17) is 33.2 Å². The van der Waals surface area contributed by atoms with Crippen molar-refractivity contribution < 1.29 is 48.2 Å². The molecular formula is C24H37NO10S. The highest BCUT2D eigenvalue weighted by molar-refractivity contribution is 8.14. The van der Waals surface area contributed by atoms with Crippen molar-refractivity contribution in [3.05, 3.63) is 23.8 Å². The third-order valence-electron chi connectivity index (χ3n) is 4.91. The number of rotatable bonds is 21. The van der Waals surface area contributed by atoms with Gasteiger partial charge in [-0.15, -0.1) is 11.8 Å². The Balaban J connectivity index is 1.44. The van der Waals surface area contributed by atoms with Gasteiger partial charge in [-0.2, -0.15) is 0 Å². The molecule has 0 radical (unpaired) electrons. The zero-order valence-corrected chi connectivity index (χ0v) is 21.8. The van der Waals surface area contributed by atoms with Gasteiger partial charge in [0, 0.05) is 24.5 Å². The fraction of sp³-hybridized carbons (Fsp3) is 0.667. The lowest BCUT2D eigenvalue weighted by molar-refractivity contribution is -0.141. The zero-order valence-electron chi connectivity index (χ0n) is 20.9. The number of benzene rings is 1. The van der Waals surface area contributed by atoms with E-state index >= 15 is 0 Å². The summed E-state index contributed by atoms with van der Waals surface area (Å²) in [6.07, 6.45) is 0. The van der Waals surface area contributed by atoms with Gasteiger partial charge in [-0.25, -0.2) is 4.79 Å². The monoisotopic (exact) mass is 531 g/mol. The normalized spacial score (nSPS) is 17.3. The number of hydrogen-bond acceptors (Lipinski definition) is 11. The predicted octanol–water partition coefficient (Wildman–Crippen LogP) is 1.84. The van der Waals surface area contributed by atoms with Gasteiger partial charge >= 0.3 is 5.97 Å². The molecule has 2 rings (SSSR count). The molecule has 1 aliphatic rings. The van der Waals surface area contributed by atoms with Crippen molar-refractivity contribution in [2.24, 2.45) is 4.99 Å². The Labute approximate surface area is 216 Å². The van der Waals surface area contributed by atoms with Crippen LogP contribution in [0.15, 0.2) is 23.2 Å². The Morgan fingerprint density at radius 3 is 1.83 bits per heavy atom. The Hall–Kier alpha value is -1.93. The van der Waals surface area contributed by atoms with Crippen LogP contribution < -0.4 is 4.74 Å². The van der Waals surface area contributed by atoms with Crippen LogP contribution in [-0.4, -0.2) is 119 Å². The summed E-state index contributed by atoms with van der Waals surface area (Å²) in [5.41, 5.74) is -0.685. The lowest BCUT2D eigenvalue weighted by Crippen LogP contribution is -2.33. The fourth-order valence-corrected chi connectivity index (χ4v) is 4.07. The fourth-order valence-electron chi connectivity index (χ4n) is 2.87. The molecule has 36 heavy (non-hydrogen) atoms. The van der Waals surface area contributed by atoms with Crippen molar-refractivity contribution in [3.63, 3.8) is 0 Å².